The van der Waals surface area contributed by atoms with Gasteiger partial charge in [0.25, 0.3) is 0 Å². The summed E-state index contributed by atoms with van der Waals surface area (Å²) in [7, 11) is 0. The molecular formula is C18H35NO4. The lowest BCUT2D eigenvalue weighted by Crippen LogP contribution is -2.39. The third-order valence-electron chi connectivity index (χ3n) is 3.99. The van der Waals surface area contributed by atoms with Gasteiger partial charge in [-0.05, 0) is 26.7 Å². The second-order valence-electron chi connectivity index (χ2n) is 7.56. The van der Waals surface area contributed by atoms with Gasteiger partial charge in [0.2, 0.25) is 0 Å². The van der Waals surface area contributed by atoms with Gasteiger partial charge in [-0.2, -0.15) is 0 Å². The molecule has 1 rings (SSSR count). The number of ether oxygens (including phenoxy) is 3. The molecule has 0 aromatic carbocycles. The Morgan fingerprint density at radius 1 is 1.09 bits per heavy atom. The number of hydrogen-bond acceptors (Lipinski definition) is 5. The van der Waals surface area contributed by atoms with E-state index in [0.29, 0.717) is 32.0 Å². The van der Waals surface area contributed by atoms with Crippen LogP contribution in [0.25, 0.3) is 0 Å². The van der Waals surface area contributed by atoms with Crippen LogP contribution < -0.4 is 0 Å². The summed E-state index contributed by atoms with van der Waals surface area (Å²) in [6.07, 6.45) is 2.95. The van der Waals surface area contributed by atoms with Crippen molar-refractivity contribution in [1.82, 2.24) is 4.90 Å². The minimum Gasteiger partial charge on any atom is -0.378 e. The highest BCUT2D eigenvalue weighted by Crippen LogP contribution is 2.15. The quantitative estimate of drug-likeness (QED) is 0.576. The van der Waals surface area contributed by atoms with Crippen LogP contribution in [0.1, 0.15) is 47.5 Å². The Labute approximate surface area is 141 Å². The van der Waals surface area contributed by atoms with Gasteiger partial charge in [-0.15, -0.1) is 0 Å². The lowest BCUT2D eigenvalue weighted by molar-refractivity contribution is -0.131. The van der Waals surface area contributed by atoms with Crippen molar-refractivity contribution in [3.63, 3.8) is 0 Å². The zero-order valence-electron chi connectivity index (χ0n) is 15.6. The van der Waals surface area contributed by atoms with E-state index in [1.807, 2.05) is 20.8 Å². The van der Waals surface area contributed by atoms with Crippen molar-refractivity contribution in [2.75, 3.05) is 46.1 Å². The van der Waals surface area contributed by atoms with Crippen molar-refractivity contribution in [1.29, 1.82) is 0 Å². The van der Waals surface area contributed by atoms with Crippen molar-refractivity contribution in [2.24, 2.45) is 5.41 Å². The zero-order chi connectivity index (χ0) is 17.3. The predicted molar refractivity (Wildman–Crippen MR) is 91.8 cm³/mol. The number of carbonyl (C=O) groups is 1. The maximum atomic E-state index is 11.7. The molecule has 0 unspecified atom stereocenters. The fourth-order valence-corrected chi connectivity index (χ4v) is 2.45. The molecule has 0 spiro atoms. The van der Waals surface area contributed by atoms with Crippen molar-refractivity contribution in [3.8, 4) is 0 Å². The second-order valence-corrected chi connectivity index (χ2v) is 7.56. The molecule has 5 heteroatoms. The van der Waals surface area contributed by atoms with Gasteiger partial charge in [-0.3, -0.25) is 4.79 Å². The molecule has 0 radical (unpaired) electrons. The average Bonchev–Trinajstić information content (AvgIpc) is 2.46. The molecule has 0 aromatic rings. The van der Waals surface area contributed by atoms with Gasteiger partial charge < -0.3 is 19.1 Å². The fraction of sp³-hybridized carbons (Fsp3) is 0.944. The summed E-state index contributed by atoms with van der Waals surface area (Å²) in [5.41, 5.74) is -0.327. The van der Waals surface area contributed by atoms with E-state index >= 15 is 0 Å². The second kappa shape index (κ2) is 10.4. The minimum atomic E-state index is -0.327. The van der Waals surface area contributed by atoms with Crippen molar-refractivity contribution >= 4 is 5.78 Å². The Morgan fingerprint density at radius 3 is 2.26 bits per heavy atom. The van der Waals surface area contributed by atoms with Crippen molar-refractivity contribution < 1.29 is 19.0 Å². The van der Waals surface area contributed by atoms with E-state index in [0.717, 1.165) is 32.5 Å². The van der Waals surface area contributed by atoms with Gasteiger partial charge in [0.1, 0.15) is 6.61 Å². The SMILES string of the molecule is CC(C)OC1CCN(CCOCCOCC(=O)C(C)(C)C)CC1. The molecule has 0 N–H and O–H groups in total. The van der Waals surface area contributed by atoms with Gasteiger partial charge in [0.15, 0.2) is 5.78 Å². The van der Waals surface area contributed by atoms with Gasteiger partial charge in [-0.1, -0.05) is 20.8 Å². The van der Waals surface area contributed by atoms with Gasteiger partial charge in [0.05, 0.1) is 32.0 Å². The van der Waals surface area contributed by atoms with E-state index in [-0.39, 0.29) is 17.8 Å². The normalized spacial score (nSPS) is 17.8. The first-order valence-electron chi connectivity index (χ1n) is 8.85. The van der Waals surface area contributed by atoms with Crippen LogP contribution in [0.5, 0.6) is 0 Å². The topological polar surface area (TPSA) is 48.0 Å². The lowest BCUT2D eigenvalue weighted by atomic mass is 9.91. The molecule has 23 heavy (non-hydrogen) atoms. The summed E-state index contributed by atoms with van der Waals surface area (Å²) in [6.45, 7) is 14.9. The van der Waals surface area contributed by atoms with Crippen LogP contribution in [0, 0.1) is 5.41 Å². The zero-order valence-corrected chi connectivity index (χ0v) is 15.6. The number of likely N-dealkylation sites (tertiary alicyclic amines) is 1. The third-order valence-corrected chi connectivity index (χ3v) is 3.99. The number of piperidine rings is 1. The maximum Gasteiger partial charge on any atom is 0.163 e. The lowest BCUT2D eigenvalue weighted by Gasteiger charge is -2.32. The largest absolute Gasteiger partial charge is 0.378 e. The molecule has 1 aliphatic heterocycles. The standard InChI is InChI=1S/C18H35NO4/c1-15(2)23-16-6-8-19(9-7-16)10-11-21-12-13-22-14-17(20)18(3,4)5/h15-16H,6-14H2,1-5H3. The molecule has 0 saturated carbocycles. The maximum absolute atomic E-state index is 11.7. The van der Waals surface area contributed by atoms with E-state index in [1.54, 1.807) is 0 Å². The third kappa shape index (κ3) is 9.40. The fourth-order valence-electron chi connectivity index (χ4n) is 2.45. The van der Waals surface area contributed by atoms with E-state index < -0.39 is 0 Å². The molecule has 0 atom stereocenters. The number of Topliss-reactive ketones (excluding diaryl/α,β-unsaturated/α-hetero) is 1. The van der Waals surface area contributed by atoms with E-state index in [4.69, 9.17) is 14.2 Å². The van der Waals surface area contributed by atoms with Crippen LogP contribution in [-0.2, 0) is 19.0 Å². The Balaban J connectivity index is 1.95. The number of carbonyl (C=O) groups excluding carboxylic acids is 1. The van der Waals surface area contributed by atoms with Crippen LogP contribution in [0.4, 0.5) is 0 Å². The average molecular weight is 329 g/mol. The van der Waals surface area contributed by atoms with Crippen molar-refractivity contribution in [3.05, 3.63) is 0 Å². The monoisotopic (exact) mass is 329 g/mol. The number of ketones is 1. The van der Waals surface area contributed by atoms with Crippen LogP contribution >= 0.6 is 0 Å². The van der Waals surface area contributed by atoms with E-state index in [1.165, 1.54) is 0 Å². The molecule has 0 amide bonds. The van der Waals surface area contributed by atoms with Gasteiger partial charge in [0, 0.05) is 25.0 Å². The summed E-state index contributed by atoms with van der Waals surface area (Å²) in [5.74, 6) is 0.129. The molecule has 1 aliphatic rings. The number of nitrogens with zero attached hydrogens (tertiary/aromatic N) is 1. The highest BCUT2D eigenvalue weighted by Gasteiger charge is 2.21. The van der Waals surface area contributed by atoms with Crippen LogP contribution in [0.3, 0.4) is 0 Å². The molecule has 136 valence electrons. The first-order chi connectivity index (χ1) is 10.8. The number of hydrogen-bond donors (Lipinski definition) is 0. The molecule has 5 nitrogen and oxygen atoms in total. The van der Waals surface area contributed by atoms with Crippen molar-refractivity contribution in [2.45, 2.75) is 59.7 Å². The Kier molecular flexibility index (Phi) is 9.29. The molecule has 1 fully saturated rings. The highest BCUT2D eigenvalue weighted by molar-refractivity contribution is 5.84. The van der Waals surface area contributed by atoms with Gasteiger partial charge in [-0.25, -0.2) is 0 Å². The molecule has 0 bridgehead atoms. The summed E-state index contributed by atoms with van der Waals surface area (Å²) >= 11 is 0. The molecular weight excluding hydrogens is 294 g/mol. The van der Waals surface area contributed by atoms with Crippen LogP contribution in [0.15, 0.2) is 0 Å². The molecule has 1 saturated heterocycles. The Bertz CT molecular complexity index is 330. The van der Waals surface area contributed by atoms with Crippen LogP contribution in [0.2, 0.25) is 0 Å². The highest BCUT2D eigenvalue weighted by atomic mass is 16.5. The summed E-state index contributed by atoms with van der Waals surface area (Å²) in [4.78, 5) is 14.1. The molecule has 0 aromatic heterocycles. The molecule has 0 aliphatic carbocycles. The van der Waals surface area contributed by atoms with E-state index in [2.05, 4.69) is 18.7 Å². The minimum absolute atomic E-state index is 0.129. The Hall–Kier alpha value is -0.490. The Morgan fingerprint density at radius 2 is 1.70 bits per heavy atom. The predicted octanol–water partition coefficient (Wildman–Crippen LogP) is 2.52. The van der Waals surface area contributed by atoms with Gasteiger partial charge >= 0.3 is 0 Å². The summed E-state index contributed by atoms with van der Waals surface area (Å²) < 4.78 is 16.8. The smallest absolute Gasteiger partial charge is 0.163 e. The number of rotatable bonds is 10. The van der Waals surface area contributed by atoms with E-state index in [9.17, 15) is 4.79 Å². The molecule has 1 heterocycles. The summed E-state index contributed by atoms with van der Waals surface area (Å²) in [6, 6.07) is 0. The summed E-state index contributed by atoms with van der Waals surface area (Å²) in [5, 5.41) is 0. The first kappa shape index (κ1) is 20.6. The first-order valence-corrected chi connectivity index (χ1v) is 8.85. The van der Waals surface area contributed by atoms with Crippen LogP contribution in [-0.4, -0.2) is 69.0 Å².